The second-order valence-corrected chi connectivity index (χ2v) is 4.48. The van der Waals surface area contributed by atoms with Crippen molar-refractivity contribution in [2.24, 2.45) is 10.7 Å². The lowest BCUT2D eigenvalue weighted by Gasteiger charge is -2.19. The van der Waals surface area contributed by atoms with Gasteiger partial charge in [0.1, 0.15) is 5.75 Å². The molecule has 20 heavy (non-hydrogen) atoms. The molecule has 0 aliphatic rings. The molecular formula is C15H26IN3O. The van der Waals surface area contributed by atoms with Gasteiger partial charge in [0.05, 0.1) is 7.11 Å². The predicted molar refractivity (Wildman–Crippen MR) is 96.3 cm³/mol. The van der Waals surface area contributed by atoms with Crippen LogP contribution >= 0.6 is 24.0 Å². The number of guanidine groups is 1. The fourth-order valence-corrected chi connectivity index (χ4v) is 2.04. The molecule has 4 nitrogen and oxygen atoms in total. The summed E-state index contributed by atoms with van der Waals surface area (Å²) in [6.45, 7) is 8.70. The number of methoxy groups -OCH3 is 1. The molecule has 1 rings (SSSR count). The van der Waals surface area contributed by atoms with Gasteiger partial charge in [0.25, 0.3) is 0 Å². The van der Waals surface area contributed by atoms with Crippen LogP contribution in [0.4, 0.5) is 0 Å². The molecule has 0 radical (unpaired) electrons. The standard InChI is InChI=1S/C15H25N3O.HI/c1-5-18(6-2)15(16)17-10-9-13-11-12(3)7-8-14(13)19-4;/h7-8,11H,5-6,9-10H2,1-4H3,(H2,16,17);1H. The molecule has 0 heterocycles. The third-order valence-corrected chi connectivity index (χ3v) is 3.18. The molecule has 0 amide bonds. The number of hydrogen-bond acceptors (Lipinski definition) is 2. The molecule has 1 aromatic carbocycles. The first-order valence-corrected chi connectivity index (χ1v) is 6.80. The smallest absolute Gasteiger partial charge is 0.191 e. The molecule has 0 aromatic heterocycles. The minimum Gasteiger partial charge on any atom is -0.496 e. The Kier molecular flexibility index (Phi) is 9.37. The Hall–Kier alpha value is -0.980. The van der Waals surface area contributed by atoms with Crippen LogP contribution < -0.4 is 10.5 Å². The molecule has 5 heteroatoms. The summed E-state index contributed by atoms with van der Waals surface area (Å²) >= 11 is 0. The zero-order valence-electron chi connectivity index (χ0n) is 12.8. The van der Waals surface area contributed by atoms with Crippen molar-refractivity contribution < 1.29 is 4.74 Å². The summed E-state index contributed by atoms with van der Waals surface area (Å²) in [5.41, 5.74) is 8.36. The third kappa shape index (κ3) is 5.56. The molecule has 0 saturated carbocycles. The van der Waals surface area contributed by atoms with Gasteiger partial charge in [0, 0.05) is 19.6 Å². The first-order chi connectivity index (χ1) is 9.12. The van der Waals surface area contributed by atoms with Gasteiger partial charge < -0.3 is 15.4 Å². The maximum atomic E-state index is 5.95. The summed E-state index contributed by atoms with van der Waals surface area (Å²) in [6, 6.07) is 6.19. The minimum atomic E-state index is 0. The Morgan fingerprint density at radius 2 is 1.95 bits per heavy atom. The Balaban J connectivity index is 0.00000361. The van der Waals surface area contributed by atoms with Crippen molar-refractivity contribution in [2.75, 3.05) is 26.7 Å². The summed E-state index contributed by atoms with van der Waals surface area (Å²) in [5, 5.41) is 0. The summed E-state index contributed by atoms with van der Waals surface area (Å²) < 4.78 is 5.36. The van der Waals surface area contributed by atoms with Crippen molar-refractivity contribution in [3.63, 3.8) is 0 Å². The quantitative estimate of drug-likeness (QED) is 0.461. The van der Waals surface area contributed by atoms with Crippen LogP contribution in [-0.4, -0.2) is 37.6 Å². The number of nitrogens with zero attached hydrogens (tertiary/aromatic N) is 2. The van der Waals surface area contributed by atoms with Gasteiger partial charge in [0.2, 0.25) is 0 Å². The highest BCUT2D eigenvalue weighted by Gasteiger charge is 2.04. The second-order valence-electron chi connectivity index (χ2n) is 4.48. The number of ether oxygens (including phenoxy) is 1. The summed E-state index contributed by atoms with van der Waals surface area (Å²) in [7, 11) is 1.70. The van der Waals surface area contributed by atoms with Gasteiger partial charge in [-0.3, -0.25) is 4.99 Å². The number of halogens is 1. The normalized spacial score (nSPS) is 10.9. The van der Waals surface area contributed by atoms with Gasteiger partial charge in [-0.2, -0.15) is 0 Å². The maximum Gasteiger partial charge on any atom is 0.191 e. The van der Waals surface area contributed by atoms with E-state index in [4.69, 9.17) is 10.5 Å². The van der Waals surface area contributed by atoms with Gasteiger partial charge in [-0.05, 0) is 38.8 Å². The van der Waals surface area contributed by atoms with E-state index < -0.39 is 0 Å². The van der Waals surface area contributed by atoms with E-state index in [0.717, 1.165) is 25.3 Å². The lowest BCUT2D eigenvalue weighted by molar-refractivity contribution is 0.409. The minimum absolute atomic E-state index is 0. The van der Waals surface area contributed by atoms with Crippen molar-refractivity contribution in [3.05, 3.63) is 29.3 Å². The summed E-state index contributed by atoms with van der Waals surface area (Å²) in [6.07, 6.45) is 0.840. The van der Waals surface area contributed by atoms with Crippen molar-refractivity contribution in [3.8, 4) is 5.75 Å². The van der Waals surface area contributed by atoms with E-state index in [1.807, 2.05) is 11.0 Å². The second kappa shape index (κ2) is 9.85. The SMILES string of the molecule is CCN(CC)C(N)=NCCc1cc(C)ccc1OC.I. The van der Waals surface area contributed by atoms with Crippen LogP contribution in [-0.2, 0) is 6.42 Å². The Morgan fingerprint density at radius 3 is 2.50 bits per heavy atom. The molecule has 114 valence electrons. The number of aliphatic imine (C=N–C) groups is 1. The van der Waals surface area contributed by atoms with E-state index in [0.29, 0.717) is 12.5 Å². The highest BCUT2D eigenvalue weighted by molar-refractivity contribution is 14.0. The number of aryl methyl sites for hydroxylation is 1. The molecule has 0 spiro atoms. The summed E-state index contributed by atoms with van der Waals surface area (Å²) in [4.78, 5) is 6.48. The van der Waals surface area contributed by atoms with Crippen LogP contribution in [0.2, 0.25) is 0 Å². The van der Waals surface area contributed by atoms with E-state index in [1.165, 1.54) is 11.1 Å². The maximum absolute atomic E-state index is 5.95. The van der Waals surface area contributed by atoms with Gasteiger partial charge in [-0.25, -0.2) is 0 Å². The average Bonchev–Trinajstić information content (AvgIpc) is 2.40. The van der Waals surface area contributed by atoms with Gasteiger partial charge in [-0.1, -0.05) is 17.7 Å². The van der Waals surface area contributed by atoms with Crippen molar-refractivity contribution in [1.29, 1.82) is 0 Å². The predicted octanol–water partition coefficient (Wildman–Crippen LogP) is 2.82. The highest BCUT2D eigenvalue weighted by atomic mass is 127. The summed E-state index contributed by atoms with van der Waals surface area (Å²) in [5.74, 6) is 1.54. The molecule has 0 aliphatic carbocycles. The number of hydrogen-bond donors (Lipinski definition) is 1. The van der Waals surface area contributed by atoms with Crippen LogP contribution in [0.15, 0.2) is 23.2 Å². The van der Waals surface area contributed by atoms with Crippen LogP contribution in [0.1, 0.15) is 25.0 Å². The van der Waals surface area contributed by atoms with E-state index in [9.17, 15) is 0 Å². The van der Waals surface area contributed by atoms with Crippen LogP contribution in [0.25, 0.3) is 0 Å². The molecule has 0 atom stereocenters. The van der Waals surface area contributed by atoms with Gasteiger partial charge in [-0.15, -0.1) is 24.0 Å². The van der Waals surface area contributed by atoms with Crippen molar-refractivity contribution >= 4 is 29.9 Å². The Labute approximate surface area is 139 Å². The van der Waals surface area contributed by atoms with Gasteiger partial charge in [0.15, 0.2) is 5.96 Å². The van der Waals surface area contributed by atoms with Crippen LogP contribution in [0.3, 0.4) is 0 Å². The molecule has 0 unspecified atom stereocenters. The van der Waals surface area contributed by atoms with Crippen LogP contribution in [0.5, 0.6) is 5.75 Å². The molecule has 2 N–H and O–H groups in total. The Bertz CT molecular complexity index is 431. The van der Waals surface area contributed by atoms with E-state index >= 15 is 0 Å². The molecule has 0 aliphatic heterocycles. The number of nitrogens with two attached hydrogens (primary N) is 1. The van der Waals surface area contributed by atoms with Crippen LogP contribution in [0, 0.1) is 6.92 Å². The molecule has 0 saturated heterocycles. The van der Waals surface area contributed by atoms with Crippen molar-refractivity contribution in [2.45, 2.75) is 27.2 Å². The van der Waals surface area contributed by atoms with E-state index in [2.05, 4.69) is 37.9 Å². The van der Waals surface area contributed by atoms with E-state index in [1.54, 1.807) is 7.11 Å². The van der Waals surface area contributed by atoms with Crippen molar-refractivity contribution in [1.82, 2.24) is 4.90 Å². The fourth-order valence-electron chi connectivity index (χ4n) is 2.04. The Morgan fingerprint density at radius 1 is 1.30 bits per heavy atom. The largest absolute Gasteiger partial charge is 0.496 e. The monoisotopic (exact) mass is 391 g/mol. The van der Waals surface area contributed by atoms with Gasteiger partial charge >= 0.3 is 0 Å². The third-order valence-electron chi connectivity index (χ3n) is 3.18. The topological polar surface area (TPSA) is 50.8 Å². The molecule has 0 fully saturated rings. The average molecular weight is 391 g/mol. The molecule has 0 bridgehead atoms. The molecule has 1 aromatic rings. The zero-order valence-corrected chi connectivity index (χ0v) is 15.2. The fraction of sp³-hybridized carbons (Fsp3) is 0.533. The molecular weight excluding hydrogens is 365 g/mol. The number of rotatable bonds is 6. The lowest BCUT2D eigenvalue weighted by Crippen LogP contribution is -2.37. The lowest BCUT2D eigenvalue weighted by atomic mass is 10.1. The number of benzene rings is 1. The zero-order chi connectivity index (χ0) is 14.3. The van der Waals surface area contributed by atoms with E-state index in [-0.39, 0.29) is 24.0 Å². The first kappa shape index (κ1) is 19.0. The highest BCUT2D eigenvalue weighted by Crippen LogP contribution is 2.20. The first-order valence-electron chi connectivity index (χ1n) is 6.80.